The van der Waals surface area contributed by atoms with Gasteiger partial charge in [0.05, 0.1) is 5.60 Å². The fourth-order valence-corrected chi connectivity index (χ4v) is 2.82. The molecule has 0 amide bonds. The zero-order valence-corrected chi connectivity index (χ0v) is 12.7. The summed E-state index contributed by atoms with van der Waals surface area (Å²) >= 11 is 0. The molecule has 1 atom stereocenters. The lowest BCUT2D eigenvalue weighted by Gasteiger charge is -2.36. The summed E-state index contributed by atoms with van der Waals surface area (Å²) in [6.45, 7) is 11.4. The highest BCUT2D eigenvalue weighted by molar-refractivity contribution is 5.33. The Morgan fingerprint density at radius 3 is 2.42 bits per heavy atom. The first-order valence-corrected chi connectivity index (χ1v) is 7.41. The number of hydrogen-bond acceptors (Lipinski definition) is 2. The molecule has 0 aromatic heterocycles. The summed E-state index contributed by atoms with van der Waals surface area (Å²) in [5.41, 5.74) is 2.82. The zero-order valence-electron chi connectivity index (χ0n) is 12.7. The van der Waals surface area contributed by atoms with Crippen LogP contribution in [-0.4, -0.2) is 29.6 Å². The minimum atomic E-state index is -0.751. The molecule has 0 radical (unpaired) electrons. The molecule has 1 aliphatic heterocycles. The van der Waals surface area contributed by atoms with Gasteiger partial charge in [-0.3, -0.25) is 0 Å². The van der Waals surface area contributed by atoms with Gasteiger partial charge in [0.15, 0.2) is 0 Å². The molecule has 0 bridgehead atoms. The van der Waals surface area contributed by atoms with Crippen molar-refractivity contribution >= 4 is 0 Å². The number of hydrogen-bond donors (Lipinski definition) is 1. The van der Waals surface area contributed by atoms with E-state index in [0.717, 1.165) is 31.1 Å². The summed E-state index contributed by atoms with van der Waals surface area (Å²) in [5.74, 6) is 0.836. The average molecular weight is 261 g/mol. The van der Waals surface area contributed by atoms with Gasteiger partial charge in [-0.15, -0.1) is 0 Å². The van der Waals surface area contributed by atoms with Gasteiger partial charge in [0.1, 0.15) is 0 Å². The van der Waals surface area contributed by atoms with Crippen molar-refractivity contribution in [3.05, 3.63) is 34.9 Å². The number of β-amino-alcohol motifs (C(OH)–C–C–N with tert-alkyl or cyclic N) is 1. The van der Waals surface area contributed by atoms with Crippen LogP contribution in [0.5, 0.6) is 0 Å². The standard InChI is InChI=1S/C17H27NO/c1-13-7-9-18(10-8-13)12-17(4,19)16-6-5-14(2)15(3)11-16/h5-6,11,13,19H,7-10,12H2,1-4H3. The Balaban J connectivity index is 2.06. The molecule has 1 heterocycles. The van der Waals surface area contributed by atoms with Crippen LogP contribution in [0.3, 0.4) is 0 Å². The number of aliphatic hydroxyl groups is 1. The van der Waals surface area contributed by atoms with Crippen LogP contribution in [0.25, 0.3) is 0 Å². The summed E-state index contributed by atoms with van der Waals surface area (Å²) in [6, 6.07) is 6.30. The number of aryl methyl sites for hydroxylation is 2. The molecule has 0 spiro atoms. The largest absolute Gasteiger partial charge is 0.384 e. The third-order valence-corrected chi connectivity index (χ3v) is 4.54. The molecule has 1 fully saturated rings. The second-order valence-corrected chi connectivity index (χ2v) is 6.53. The van der Waals surface area contributed by atoms with E-state index in [1.54, 1.807) is 0 Å². The van der Waals surface area contributed by atoms with E-state index in [1.165, 1.54) is 24.0 Å². The van der Waals surface area contributed by atoms with Gasteiger partial charge in [0.2, 0.25) is 0 Å². The molecule has 2 heteroatoms. The third kappa shape index (κ3) is 3.58. The Morgan fingerprint density at radius 2 is 1.84 bits per heavy atom. The molecule has 106 valence electrons. The van der Waals surface area contributed by atoms with Gasteiger partial charge in [-0.1, -0.05) is 25.1 Å². The second kappa shape index (κ2) is 5.64. The molecule has 1 aliphatic rings. The Hall–Kier alpha value is -0.860. The van der Waals surface area contributed by atoms with Gasteiger partial charge in [-0.2, -0.15) is 0 Å². The molecular formula is C17H27NO. The summed E-state index contributed by atoms with van der Waals surface area (Å²) in [4.78, 5) is 2.40. The maximum Gasteiger partial charge on any atom is 0.0994 e. The molecule has 2 rings (SSSR count). The first kappa shape index (κ1) is 14.5. The van der Waals surface area contributed by atoms with E-state index in [9.17, 15) is 5.11 Å². The van der Waals surface area contributed by atoms with Crippen molar-refractivity contribution in [2.75, 3.05) is 19.6 Å². The Kier molecular flexibility index (Phi) is 4.32. The normalized spacial score (nSPS) is 21.3. The van der Waals surface area contributed by atoms with Crippen LogP contribution < -0.4 is 0 Å². The van der Waals surface area contributed by atoms with Crippen LogP contribution in [0.1, 0.15) is 43.4 Å². The van der Waals surface area contributed by atoms with Gasteiger partial charge < -0.3 is 10.0 Å². The highest BCUT2D eigenvalue weighted by Gasteiger charge is 2.28. The van der Waals surface area contributed by atoms with Gasteiger partial charge >= 0.3 is 0 Å². The maximum absolute atomic E-state index is 10.8. The van der Waals surface area contributed by atoms with Crippen LogP contribution in [0.15, 0.2) is 18.2 Å². The summed E-state index contributed by atoms with van der Waals surface area (Å²) in [5, 5.41) is 10.8. The second-order valence-electron chi connectivity index (χ2n) is 6.53. The SMILES string of the molecule is Cc1ccc(C(C)(O)CN2CCC(C)CC2)cc1C. The quantitative estimate of drug-likeness (QED) is 0.903. The number of piperidine rings is 1. The van der Waals surface area contributed by atoms with Crippen LogP contribution >= 0.6 is 0 Å². The van der Waals surface area contributed by atoms with E-state index in [2.05, 4.69) is 43.9 Å². The fourth-order valence-electron chi connectivity index (χ4n) is 2.82. The smallest absolute Gasteiger partial charge is 0.0994 e. The highest BCUT2D eigenvalue weighted by atomic mass is 16.3. The lowest BCUT2D eigenvalue weighted by atomic mass is 9.91. The van der Waals surface area contributed by atoms with Gasteiger partial charge in [-0.05, 0) is 69.3 Å². The van der Waals surface area contributed by atoms with Crippen LogP contribution in [0.2, 0.25) is 0 Å². The number of likely N-dealkylation sites (tertiary alicyclic amines) is 1. The van der Waals surface area contributed by atoms with E-state index in [-0.39, 0.29) is 0 Å². The zero-order chi connectivity index (χ0) is 14.0. The van der Waals surface area contributed by atoms with Gasteiger partial charge in [0.25, 0.3) is 0 Å². The van der Waals surface area contributed by atoms with E-state index in [1.807, 2.05) is 6.92 Å². The number of rotatable bonds is 3. The molecule has 1 N–H and O–H groups in total. The first-order valence-electron chi connectivity index (χ1n) is 7.41. The molecule has 0 aliphatic carbocycles. The van der Waals surface area contributed by atoms with Crippen molar-refractivity contribution < 1.29 is 5.11 Å². The van der Waals surface area contributed by atoms with E-state index < -0.39 is 5.60 Å². The lowest BCUT2D eigenvalue weighted by molar-refractivity contribution is 0.00651. The van der Waals surface area contributed by atoms with Crippen molar-refractivity contribution in [3.8, 4) is 0 Å². The average Bonchev–Trinajstić information content (AvgIpc) is 2.35. The predicted octanol–water partition coefficient (Wildman–Crippen LogP) is 3.24. The van der Waals surface area contributed by atoms with E-state index in [0.29, 0.717) is 0 Å². The van der Waals surface area contributed by atoms with Gasteiger partial charge in [-0.25, -0.2) is 0 Å². The molecule has 1 aromatic carbocycles. The minimum absolute atomic E-state index is 0.738. The number of nitrogens with zero attached hydrogens (tertiary/aromatic N) is 1. The number of benzene rings is 1. The van der Waals surface area contributed by atoms with Gasteiger partial charge in [0, 0.05) is 6.54 Å². The summed E-state index contributed by atoms with van der Waals surface area (Å²) in [6.07, 6.45) is 2.51. The van der Waals surface area contributed by atoms with Crippen molar-refractivity contribution in [2.45, 2.75) is 46.1 Å². The Morgan fingerprint density at radius 1 is 1.21 bits per heavy atom. The molecule has 1 aromatic rings. The molecule has 19 heavy (non-hydrogen) atoms. The molecule has 2 nitrogen and oxygen atoms in total. The van der Waals surface area contributed by atoms with E-state index >= 15 is 0 Å². The Bertz CT molecular complexity index is 431. The first-order chi connectivity index (χ1) is 8.88. The monoisotopic (exact) mass is 261 g/mol. The fraction of sp³-hybridized carbons (Fsp3) is 0.647. The van der Waals surface area contributed by atoms with Crippen LogP contribution in [-0.2, 0) is 5.60 Å². The third-order valence-electron chi connectivity index (χ3n) is 4.54. The molecule has 0 saturated carbocycles. The summed E-state index contributed by atoms with van der Waals surface area (Å²) < 4.78 is 0. The Labute approximate surface area is 117 Å². The van der Waals surface area contributed by atoms with Crippen molar-refractivity contribution in [1.82, 2.24) is 4.90 Å². The minimum Gasteiger partial charge on any atom is -0.384 e. The lowest BCUT2D eigenvalue weighted by Crippen LogP contribution is -2.42. The summed E-state index contributed by atoms with van der Waals surface area (Å²) in [7, 11) is 0. The van der Waals surface area contributed by atoms with E-state index in [4.69, 9.17) is 0 Å². The topological polar surface area (TPSA) is 23.5 Å². The molecule has 1 saturated heterocycles. The van der Waals surface area contributed by atoms with Crippen molar-refractivity contribution in [3.63, 3.8) is 0 Å². The van der Waals surface area contributed by atoms with Crippen LogP contribution in [0.4, 0.5) is 0 Å². The van der Waals surface area contributed by atoms with Crippen molar-refractivity contribution in [2.24, 2.45) is 5.92 Å². The molecule has 1 unspecified atom stereocenters. The van der Waals surface area contributed by atoms with Crippen LogP contribution in [0, 0.1) is 19.8 Å². The predicted molar refractivity (Wildman–Crippen MR) is 80.3 cm³/mol. The maximum atomic E-state index is 10.8. The van der Waals surface area contributed by atoms with Crippen molar-refractivity contribution in [1.29, 1.82) is 0 Å². The highest BCUT2D eigenvalue weighted by Crippen LogP contribution is 2.26. The molecular weight excluding hydrogens is 234 g/mol.